The molecule has 1 saturated heterocycles. The number of carbonyl (C=O) groups excluding carboxylic acids is 1. The SMILES string of the molecule is Cc1cccc(/C=N\N=C2/NC(=O)[C@@H](Cc3ccccc3C)S2)c1. The maximum atomic E-state index is 12.1. The number of carbonyl (C=O) groups is 1. The zero-order chi connectivity index (χ0) is 16.9. The van der Waals surface area contributed by atoms with Crippen LogP contribution in [0.1, 0.15) is 22.3 Å². The molecule has 1 N–H and O–H groups in total. The van der Waals surface area contributed by atoms with Gasteiger partial charge >= 0.3 is 0 Å². The third kappa shape index (κ3) is 4.11. The van der Waals surface area contributed by atoms with Crippen LogP contribution in [0.5, 0.6) is 0 Å². The number of amides is 1. The first-order chi connectivity index (χ1) is 11.6. The van der Waals surface area contributed by atoms with E-state index in [1.54, 1.807) is 6.21 Å². The Bertz CT molecular complexity index is 814. The molecule has 0 bridgehead atoms. The number of amidine groups is 1. The van der Waals surface area contributed by atoms with Crippen molar-refractivity contribution in [3.05, 3.63) is 70.8 Å². The fourth-order valence-corrected chi connectivity index (χ4v) is 3.48. The normalized spacial score (nSPS) is 19.2. The third-order valence-electron chi connectivity index (χ3n) is 3.84. The van der Waals surface area contributed by atoms with Gasteiger partial charge in [0.1, 0.15) is 0 Å². The lowest BCUT2D eigenvalue weighted by molar-refractivity contribution is -0.118. The molecule has 1 atom stereocenters. The summed E-state index contributed by atoms with van der Waals surface area (Å²) in [5.74, 6) is -0.00670. The minimum atomic E-state index is -0.154. The van der Waals surface area contributed by atoms with Crippen molar-refractivity contribution >= 4 is 29.1 Å². The van der Waals surface area contributed by atoms with Crippen molar-refractivity contribution in [2.45, 2.75) is 25.5 Å². The Morgan fingerprint density at radius 2 is 2.00 bits per heavy atom. The summed E-state index contributed by atoms with van der Waals surface area (Å²) in [6.45, 7) is 4.10. The van der Waals surface area contributed by atoms with Gasteiger partial charge < -0.3 is 5.32 Å². The van der Waals surface area contributed by atoms with Crippen molar-refractivity contribution in [1.29, 1.82) is 0 Å². The lowest BCUT2D eigenvalue weighted by Gasteiger charge is -2.07. The van der Waals surface area contributed by atoms with E-state index in [9.17, 15) is 4.79 Å². The minimum Gasteiger partial charge on any atom is -0.303 e. The van der Waals surface area contributed by atoms with E-state index in [0.717, 1.165) is 5.56 Å². The van der Waals surface area contributed by atoms with Crippen molar-refractivity contribution in [3.8, 4) is 0 Å². The Kier molecular flexibility index (Phi) is 5.11. The molecule has 0 spiro atoms. The van der Waals surface area contributed by atoms with E-state index < -0.39 is 0 Å². The van der Waals surface area contributed by atoms with Gasteiger partial charge in [0.15, 0.2) is 5.17 Å². The molecule has 0 aromatic heterocycles. The topological polar surface area (TPSA) is 53.8 Å². The minimum absolute atomic E-state index is 0.00670. The average molecular weight is 337 g/mol. The third-order valence-corrected chi connectivity index (χ3v) is 4.91. The summed E-state index contributed by atoms with van der Waals surface area (Å²) in [6.07, 6.45) is 2.39. The highest BCUT2D eigenvalue weighted by molar-refractivity contribution is 8.15. The van der Waals surface area contributed by atoms with Gasteiger partial charge in [-0.2, -0.15) is 5.10 Å². The predicted octanol–water partition coefficient (Wildman–Crippen LogP) is 3.47. The Morgan fingerprint density at radius 3 is 2.79 bits per heavy atom. The fraction of sp³-hybridized carbons (Fsp3) is 0.211. The van der Waals surface area contributed by atoms with Crippen LogP contribution in [-0.4, -0.2) is 22.5 Å². The zero-order valence-corrected chi connectivity index (χ0v) is 14.5. The van der Waals surface area contributed by atoms with Crippen LogP contribution < -0.4 is 5.32 Å². The summed E-state index contributed by atoms with van der Waals surface area (Å²) in [7, 11) is 0. The van der Waals surface area contributed by atoms with E-state index in [-0.39, 0.29) is 11.2 Å². The first-order valence-electron chi connectivity index (χ1n) is 7.81. The van der Waals surface area contributed by atoms with Gasteiger partial charge in [0.05, 0.1) is 11.5 Å². The maximum absolute atomic E-state index is 12.1. The van der Waals surface area contributed by atoms with Crippen LogP contribution in [-0.2, 0) is 11.2 Å². The van der Waals surface area contributed by atoms with Crippen LogP contribution in [0, 0.1) is 13.8 Å². The Hall–Kier alpha value is -2.40. The molecule has 24 heavy (non-hydrogen) atoms. The summed E-state index contributed by atoms with van der Waals surface area (Å²) in [5, 5.41) is 11.4. The smallest absolute Gasteiger partial charge is 0.239 e. The number of aryl methyl sites for hydroxylation is 2. The molecule has 0 aliphatic carbocycles. The summed E-state index contributed by atoms with van der Waals surface area (Å²) in [4.78, 5) is 12.1. The molecular weight excluding hydrogens is 318 g/mol. The summed E-state index contributed by atoms with van der Waals surface area (Å²) < 4.78 is 0. The van der Waals surface area contributed by atoms with Gasteiger partial charge in [0.2, 0.25) is 5.91 Å². The number of nitrogens with one attached hydrogen (secondary N) is 1. The molecule has 2 aromatic rings. The van der Waals surface area contributed by atoms with E-state index in [2.05, 4.69) is 34.6 Å². The van der Waals surface area contributed by atoms with Crippen molar-refractivity contribution in [2.75, 3.05) is 0 Å². The summed E-state index contributed by atoms with van der Waals surface area (Å²) >= 11 is 1.44. The highest BCUT2D eigenvalue weighted by Crippen LogP contribution is 2.24. The summed E-state index contributed by atoms with van der Waals surface area (Å²) in [5.41, 5.74) is 4.56. The van der Waals surface area contributed by atoms with Crippen LogP contribution in [0.2, 0.25) is 0 Å². The maximum Gasteiger partial charge on any atom is 0.239 e. The van der Waals surface area contributed by atoms with Crippen LogP contribution in [0.25, 0.3) is 0 Å². The molecule has 0 unspecified atom stereocenters. The first kappa shape index (κ1) is 16.5. The van der Waals surface area contributed by atoms with E-state index in [4.69, 9.17) is 0 Å². The second kappa shape index (κ2) is 7.45. The molecule has 1 amide bonds. The number of hydrogen-bond donors (Lipinski definition) is 1. The van der Waals surface area contributed by atoms with Crippen molar-refractivity contribution in [1.82, 2.24) is 5.32 Å². The highest BCUT2D eigenvalue weighted by atomic mass is 32.2. The van der Waals surface area contributed by atoms with Gasteiger partial charge in [0, 0.05) is 0 Å². The molecule has 4 nitrogen and oxygen atoms in total. The number of rotatable bonds is 4. The second-order valence-electron chi connectivity index (χ2n) is 5.79. The van der Waals surface area contributed by atoms with Gasteiger partial charge in [0.25, 0.3) is 0 Å². The first-order valence-corrected chi connectivity index (χ1v) is 8.69. The molecule has 1 fully saturated rings. The van der Waals surface area contributed by atoms with E-state index in [1.165, 1.54) is 28.5 Å². The molecule has 122 valence electrons. The molecule has 1 heterocycles. The molecule has 0 saturated carbocycles. The average Bonchev–Trinajstić information content (AvgIpc) is 2.90. The van der Waals surface area contributed by atoms with Crippen molar-refractivity contribution < 1.29 is 4.79 Å². The van der Waals surface area contributed by atoms with Gasteiger partial charge in [-0.15, -0.1) is 5.10 Å². The van der Waals surface area contributed by atoms with Gasteiger partial charge in [-0.25, -0.2) is 0 Å². The van der Waals surface area contributed by atoms with Gasteiger partial charge in [-0.3, -0.25) is 4.79 Å². The van der Waals surface area contributed by atoms with Crippen LogP contribution in [0.3, 0.4) is 0 Å². The van der Waals surface area contributed by atoms with E-state index >= 15 is 0 Å². The lowest BCUT2D eigenvalue weighted by atomic mass is 10.0. The van der Waals surface area contributed by atoms with Crippen molar-refractivity contribution in [3.63, 3.8) is 0 Å². The Balaban J connectivity index is 1.65. The molecule has 1 aliphatic rings. The quantitative estimate of drug-likeness (QED) is 0.686. The number of nitrogens with zero attached hydrogens (tertiary/aromatic N) is 2. The Morgan fingerprint density at radius 1 is 1.17 bits per heavy atom. The molecule has 1 aliphatic heterocycles. The largest absolute Gasteiger partial charge is 0.303 e. The van der Waals surface area contributed by atoms with Gasteiger partial charge in [-0.05, 0) is 37.0 Å². The van der Waals surface area contributed by atoms with Gasteiger partial charge in [-0.1, -0.05) is 65.9 Å². The van der Waals surface area contributed by atoms with Crippen molar-refractivity contribution in [2.24, 2.45) is 10.2 Å². The van der Waals surface area contributed by atoms with Crippen LogP contribution in [0.4, 0.5) is 0 Å². The summed E-state index contributed by atoms with van der Waals surface area (Å²) in [6, 6.07) is 16.2. The lowest BCUT2D eigenvalue weighted by Crippen LogP contribution is -2.26. The molecular formula is C19H19N3OS. The number of hydrogen-bond acceptors (Lipinski definition) is 4. The zero-order valence-electron chi connectivity index (χ0n) is 13.7. The monoisotopic (exact) mass is 337 g/mol. The molecule has 5 heteroatoms. The predicted molar refractivity (Wildman–Crippen MR) is 101 cm³/mol. The van der Waals surface area contributed by atoms with E-state index in [1.807, 2.05) is 43.3 Å². The fourth-order valence-electron chi connectivity index (χ4n) is 2.52. The van der Waals surface area contributed by atoms with Crippen LogP contribution in [0.15, 0.2) is 58.7 Å². The molecule has 2 aromatic carbocycles. The number of benzene rings is 2. The standard InChI is InChI=1S/C19H19N3OS/c1-13-6-5-8-15(10-13)12-20-22-19-21-18(23)17(24-19)11-16-9-4-3-7-14(16)2/h3-10,12,17H,11H2,1-2H3,(H,21,22,23)/b20-12-/t17-/m1/s1. The van der Waals surface area contributed by atoms with E-state index in [0.29, 0.717) is 11.6 Å². The molecule has 0 radical (unpaired) electrons. The second-order valence-corrected chi connectivity index (χ2v) is 6.98. The number of thioether (sulfide) groups is 1. The Labute approximate surface area is 146 Å². The molecule has 3 rings (SSSR count). The highest BCUT2D eigenvalue weighted by Gasteiger charge is 2.30. The van der Waals surface area contributed by atoms with Crippen LogP contribution >= 0.6 is 11.8 Å².